The number of rotatable bonds is 4. The van der Waals surface area contributed by atoms with Gasteiger partial charge in [0.15, 0.2) is 0 Å². The molecule has 28 heavy (non-hydrogen) atoms. The minimum Gasteiger partial charge on any atom is -0.361 e. The average Bonchev–Trinajstić information content (AvgIpc) is 3.16. The summed E-state index contributed by atoms with van der Waals surface area (Å²) in [6.07, 6.45) is 5.56. The Morgan fingerprint density at radius 1 is 1.21 bits per heavy atom. The first-order chi connectivity index (χ1) is 13.4. The second-order valence-electron chi connectivity index (χ2n) is 8.34. The summed E-state index contributed by atoms with van der Waals surface area (Å²) in [4.78, 5) is 26.1. The smallest absolute Gasteiger partial charge is 0.223 e. The molecule has 2 fully saturated rings. The van der Waals surface area contributed by atoms with Crippen LogP contribution in [-0.2, 0) is 17.8 Å². The van der Waals surface area contributed by atoms with Crippen LogP contribution in [-0.4, -0.2) is 45.6 Å². The van der Waals surface area contributed by atoms with Crippen LogP contribution in [0.5, 0.6) is 0 Å². The SMILES string of the molecule is CCc1cnc(C)nc1N1CCC2(CC1)CC(=O)N(Cc1c(C)noc1C)C2. The fourth-order valence-electron chi connectivity index (χ4n) is 4.58. The fraction of sp³-hybridized carbons (Fsp3) is 0.619. The summed E-state index contributed by atoms with van der Waals surface area (Å²) >= 11 is 0. The lowest BCUT2D eigenvalue weighted by molar-refractivity contribution is -0.128. The van der Waals surface area contributed by atoms with E-state index < -0.39 is 0 Å². The van der Waals surface area contributed by atoms with Crippen LogP contribution in [0.2, 0.25) is 0 Å². The molecule has 0 aliphatic carbocycles. The number of nitrogens with zero attached hydrogens (tertiary/aromatic N) is 5. The van der Waals surface area contributed by atoms with Gasteiger partial charge >= 0.3 is 0 Å². The Labute approximate surface area is 166 Å². The zero-order valence-corrected chi connectivity index (χ0v) is 17.3. The number of likely N-dealkylation sites (tertiary alicyclic amines) is 1. The quantitative estimate of drug-likeness (QED) is 0.808. The third kappa shape index (κ3) is 3.38. The van der Waals surface area contributed by atoms with E-state index in [9.17, 15) is 4.79 Å². The maximum Gasteiger partial charge on any atom is 0.223 e. The molecule has 2 aliphatic heterocycles. The molecule has 7 nitrogen and oxygen atoms in total. The molecule has 2 aromatic rings. The number of anilines is 1. The van der Waals surface area contributed by atoms with Crippen molar-refractivity contribution in [2.24, 2.45) is 5.41 Å². The first-order valence-electron chi connectivity index (χ1n) is 10.2. The van der Waals surface area contributed by atoms with Crippen LogP contribution in [0.15, 0.2) is 10.7 Å². The third-order valence-corrected chi connectivity index (χ3v) is 6.40. The van der Waals surface area contributed by atoms with Gasteiger partial charge in [0.25, 0.3) is 0 Å². The Kier molecular flexibility index (Phi) is 4.85. The lowest BCUT2D eigenvalue weighted by atomic mass is 9.77. The lowest BCUT2D eigenvalue weighted by Crippen LogP contribution is -2.42. The lowest BCUT2D eigenvalue weighted by Gasteiger charge is -2.40. The number of aryl methyl sites for hydroxylation is 4. The fourth-order valence-corrected chi connectivity index (χ4v) is 4.58. The number of aromatic nitrogens is 3. The summed E-state index contributed by atoms with van der Waals surface area (Å²) in [6, 6.07) is 0. The molecule has 0 radical (unpaired) electrons. The van der Waals surface area contributed by atoms with Gasteiger partial charge in [-0.25, -0.2) is 9.97 Å². The van der Waals surface area contributed by atoms with Crippen molar-refractivity contribution in [1.29, 1.82) is 0 Å². The molecule has 150 valence electrons. The number of amides is 1. The van der Waals surface area contributed by atoms with Crippen LogP contribution in [0.25, 0.3) is 0 Å². The van der Waals surface area contributed by atoms with Crippen LogP contribution in [0.1, 0.15) is 54.6 Å². The van der Waals surface area contributed by atoms with Gasteiger partial charge in [-0.15, -0.1) is 0 Å². The van der Waals surface area contributed by atoms with Crippen LogP contribution >= 0.6 is 0 Å². The van der Waals surface area contributed by atoms with Crippen molar-refractivity contribution in [3.05, 3.63) is 34.6 Å². The van der Waals surface area contributed by atoms with E-state index in [4.69, 9.17) is 9.51 Å². The van der Waals surface area contributed by atoms with Gasteiger partial charge in [-0.2, -0.15) is 0 Å². The largest absolute Gasteiger partial charge is 0.361 e. The first-order valence-corrected chi connectivity index (χ1v) is 10.2. The first kappa shape index (κ1) is 18.9. The standard InChI is InChI=1S/C21H29N5O2/c1-5-17-11-22-16(4)23-20(17)25-8-6-21(7-9-25)10-19(27)26(13-21)12-18-14(2)24-28-15(18)3/h11H,5-10,12-13H2,1-4H3. The Morgan fingerprint density at radius 3 is 2.61 bits per heavy atom. The predicted octanol–water partition coefficient (Wildman–Crippen LogP) is 2.97. The normalized spacial score (nSPS) is 19.1. The van der Waals surface area contributed by atoms with Crippen molar-refractivity contribution in [3.8, 4) is 0 Å². The molecule has 1 amide bonds. The van der Waals surface area contributed by atoms with E-state index in [-0.39, 0.29) is 11.3 Å². The molecular formula is C21H29N5O2. The number of piperidine rings is 1. The highest BCUT2D eigenvalue weighted by atomic mass is 16.5. The minimum absolute atomic E-state index is 0.0843. The molecule has 7 heteroatoms. The van der Waals surface area contributed by atoms with Crippen molar-refractivity contribution < 1.29 is 9.32 Å². The molecule has 0 N–H and O–H groups in total. The van der Waals surface area contributed by atoms with Crippen LogP contribution < -0.4 is 4.90 Å². The van der Waals surface area contributed by atoms with Crippen molar-refractivity contribution in [1.82, 2.24) is 20.0 Å². The molecular weight excluding hydrogens is 354 g/mol. The summed E-state index contributed by atoms with van der Waals surface area (Å²) in [6.45, 7) is 11.3. The van der Waals surface area contributed by atoms with Crippen LogP contribution in [0.3, 0.4) is 0 Å². The van der Waals surface area contributed by atoms with Crippen molar-refractivity contribution >= 4 is 11.7 Å². The predicted molar refractivity (Wildman–Crippen MR) is 106 cm³/mol. The number of hydrogen-bond acceptors (Lipinski definition) is 6. The molecule has 0 aromatic carbocycles. The molecule has 4 heterocycles. The average molecular weight is 383 g/mol. The summed E-state index contributed by atoms with van der Waals surface area (Å²) in [5, 5.41) is 4.02. The molecule has 2 aliphatic rings. The topological polar surface area (TPSA) is 75.4 Å². The zero-order chi connectivity index (χ0) is 19.9. The van der Waals surface area contributed by atoms with Crippen molar-refractivity contribution in [2.75, 3.05) is 24.5 Å². The van der Waals surface area contributed by atoms with Gasteiger partial charge in [0.1, 0.15) is 17.4 Å². The Morgan fingerprint density at radius 2 is 1.96 bits per heavy atom. The van der Waals surface area contributed by atoms with E-state index in [0.717, 1.165) is 67.6 Å². The van der Waals surface area contributed by atoms with Crippen molar-refractivity contribution in [2.45, 2.75) is 59.9 Å². The van der Waals surface area contributed by atoms with E-state index in [1.807, 2.05) is 31.9 Å². The van der Waals surface area contributed by atoms with Gasteiger partial charge in [0, 0.05) is 48.8 Å². The second kappa shape index (κ2) is 7.18. The van der Waals surface area contributed by atoms with E-state index >= 15 is 0 Å². The molecule has 1 spiro atoms. The summed E-state index contributed by atoms with van der Waals surface area (Å²) < 4.78 is 5.27. The Bertz CT molecular complexity index is 863. The highest BCUT2D eigenvalue weighted by Crippen LogP contribution is 2.42. The molecule has 4 rings (SSSR count). The van der Waals surface area contributed by atoms with Crippen LogP contribution in [0, 0.1) is 26.2 Å². The molecule has 0 saturated carbocycles. The second-order valence-corrected chi connectivity index (χ2v) is 8.34. The van der Waals surface area contributed by atoms with E-state index in [1.165, 1.54) is 5.56 Å². The van der Waals surface area contributed by atoms with E-state index in [2.05, 4.69) is 22.0 Å². The summed E-state index contributed by atoms with van der Waals surface area (Å²) in [5.74, 6) is 2.95. The van der Waals surface area contributed by atoms with Gasteiger partial charge in [-0.3, -0.25) is 4.79 Å². The highest BCUT2D eigenvalue weighted by molar-refractivity contribution is 5.79. The van der Waals surface area contributed by atoms with E-state index in [1.54, 1.807) is 0 Å². The van der Waals surface area contributed by atoms with Gasteiger partial charge in [-0.1, -0.05) is 12.1 Å². The maximum atomic E-state index is 12.7. The number of hydrogen-bond donors (Lipinski definition) is 0. The van der Waals surface area contributed by atoms with Crippen molar-refractivity contribution in [3.63, 3.8) is 0 Å². The van der Waals surface area contributed by atoms with Gasteiger partial charge in [-0.05, 0) is 40.0 Å². The molecule has 2 saturated heterocycles. The third-order valence-electron chi connectivity index (χ3n) is 6.40. The molecule has 0 atom stereocenters. The van der Waals surface area contributed by atoms with Gasteiger partial charge in [0.05, 0.1) is 12.2 Å². The zero-order valence-electron chi connectivity index (χ0n) is 17.3. The number of carbonyl (C=O) groups excluding carboxylic acids is 1. The summed E-state index contributed by atoms with van der Waals surface area (Å²) in [5.41, 5.74) is 3.21. The molecule has 0 unspecified atom stereocenters. The minimum atomic E-state index is 0.0843. The number of carbonyl (C=O) groups is 1. The van der Waals surface area contributed by atoms with Crippen LogP contribution in [0.4, 0.5) is 5.82 Å². The van der Waals surface area contributed by atoms with Gasteiger partial charge in [0.2, 0.25) is 5.91 Å². The Hall–Kier alpha value is -2.44. The molecule has 2 aromatic heterocycles. The Balaban J connectivity index is 1.45. The maximum absolute atomic E-state index is 12.7. The monoisotopic (exact) mass is 383 g/mol. The summed E-state index contributed by atoms with van der Waals surface area (Å²) in [7, 11) is 0. The highest BCUT2D eigenvalue weighted by Gasteiger charge is 2.45. The van der Waals surface area contributed by atoms with E-state index in [0.29, 0.717) is 13.0 Å². The molecule has 0 bridgehead atoms. The van der Waals surface area contributed by atoms with Gasteiger partial charge < -0.3 is 14.3 Å².